The van der Waals surface area contributed by atoms with E-state index in [1.54, 1.807) is 0 Å². The Morgan fingerprint density at radius 2 is 2.00 bits per heavy atom. The molecule has 0 saturated carbocycles. The predicted octanol–water partition coefficient (Wildman–Crippen LogP) is 4.27. The molecule has 0 amide bonds. The van der Waals surface area contributed by atoms with E-state index in [9.17, 15) is 0 Å². The Labute approximate surface area is 143 Å². The van der Waals surface area contributed by atoms with Gasteiger partial charge in [-0.25, -0.2) is 0 Å². The number of hydrogen-bond acceptors (Lipinski definition) is 4. The van der Waals surface area contributed by atoms with E-state index in [0.29, 0.717) is 11.8 Å². The smallest absolute Gasteiger partial charge is 0.205 e. The third-order valence-electron chi connectivity index (χ3n) is 6.40. The van der Waals surface area contributed by atoms with E-state index in [-0.39, 0.29) is 5.41 Å². The lowest BCUT2D eigenvalue weighted by atomic mass is 9.63. The maximum atomic E-state index is 6.66. The highest BCUT2D eigenvalue weighted by Crippen LogP contribution is 2.52. The lowest BCUT2D eigenvalue weighted by molar-refractivity contribution is -0.164. The highest BCUT2D eigenvalue weighted by molar-refractivity contribution is 5.96. The highest BCUT2D eigenvalue weighted by atomic mass is 16.5. The Kier molecular flexibility index (Phi) is 3.26. The summed E-state index contributed by atoms with van der Waals surface area (Å²) in [5.41, 5.74) is 1.28. The molecule has 3 unspecified atom stereocenters. The number of benzene rings is 1. The minimum atomic E-state index is -0.512. The zero-order valence-electron chi connectivity index (χ0n) is 15.1. The molecule has 2 aromatic rings. The Morgan fingerprint density at radius 3 is 2.79 bits per heavy atom. The molecule has 1 spiro atoms. The average molecular weight is 323 g/mol. The summed E-state index contributed by atoms with van der Waals surface area (Å²) in [6, 6.07) is 8.03. The number of ether oxygens (including phenoxy) is 1. The molecule has 24 heavy (non-hydrogen) atoms. The number of fused-ring (bicyclic) bond motifs is 3. The molecule has 126 valence electrons. The summed E-state index contributed by atoms with van der Waals surface area (Å²) < 4.78 is 6.66. The number of rotatable bonds is 0. The number of pyridine rings is 1. The van der Waals surface area contributed by atoms with Crippen molar-refractivity contribution in [1.29, 1.82) is 0 Å². The maximum Gasteiger partial charge on any atom is 0.205 e. The first kappa shape index (κ1) is 15.6. The molecular weight excluding hydrogens is 298 g/mol. The Hall–Kier alpha value is -1.94. The number of aromatic nitrogens is 1. The van der Waals surface area contributed by atoms with Crippen LogP contribution in [0, 0.1) is 17.3 Å². The molecule has 0 aliphatic carbocycles. The summed E-state index contributed by atoms with van der Waals surface area (Å²) in [6.45, 7) is 10.2. The lowest BCUT2D eigenvalue weighted by Gasteiger charge is -2.58. The van der Waals surface area contributed by atoms with Gasteiger partial charge in [0, 0.05) is 23.5 Å². The van der Waals surface area contributed by atoms with Crippen molar-refractivity contribution in [2.75, 3.05) is 13.6 Å². The molecule has 0 N–H and O–H groups in total. The van der Waals surface area contributed by atoms with Gasteiger partial charge in [-0.05, 0) is 43.1 Å². The molecule has 4 rings (SSSR count). The van der Waals surface area contributed by atoms with E-state index in [1.807, 2.05) is 30.6 Å². The van der Waals surface area contributed by atoms with Gasteiger partial charge in [0.15, 0.2) is 0 Å². The fraction of sp³-hybridized carbons (Fsp3) is 0.500. The summed E-state index contributed by atoms with van der Waals surface area (Å²) in [6.07, 6.45) is 3.83. The van der Waals surface area contributed by atoms with Gasteiger partial charge in [0.25, 0.3) is 0 Å². The van der Waals surface area contributed by atoms with E-state index in [2.05, 4.69) is 50.7 Å². The molecule has 1 aromatic heterocycles. The SMILES string of the molecule is CC1CN(C)C2(C=Nc3c(ccc4ncccc34)O2)C(C)(C)C1C. The molecule has 2 aliphatic heterocycles. The molecule has 3 heterocycles. The van der Waals surface area contributed by atoms with Gasteiger partial charge in [-0.2, -0.15) is 0 Å². The van der Waals surface area contributed by atoms with Crippen LogP contribution in [-0.4, -0.2) is 35.4 Å². The van der Waals surface area contributed by atoms with E-state index < -0.39 is 5.72 Å². The van der Waals surface area contributed by atoms with Crippen LogP contribution < -0.4 is 4.74 Å². The molecular formula is C20H25N3O. The molecule has 3 atom stereocenters. The van der Waals surface area contributed by atoms with Crippen LogP contribution in [0.25, 0.3) is 10.9 Å². The Bertz CT molecular complexity index is 829. The van der Waals surface area contributed by atoms with Crippen LogP contribution in [-0.2, 0) is 0 Å². The van der Waals surface area contributed by atoms with Gasteiger partial charge in [-0.1, -0.05) is 27.7 Å². The van der Waals surface area contributed by atoms with Gasteiger partial charge in [-0.3, -0.25) is 14.9 Å². The summed E-state index contributed by atoms with van der Waals surface area (Å²) in [7, 11) is 2.14. The van der Waals surface area contributed by atoms with Crippen LogP contribution >= 0.6 is 0 Å². The molecule has 4 heteroatoms. The van der Waals surface area contributed by atoms with Gasteiger partial charge >= 0.3 is 0 Å². The summed E-state index contributed by atoms with van der Waals surface area (Å²) >= 11 is 0. The summed E-state index contributed by atoms with van der Waals surface area (Å²) in [4.78, 5) is 11.6. The third kappa shape index (κ3) is 1.89. The van der Waals surface area contributed by atoms with E-state index in [4.69, 9.17) is 9.73 Å². The zero-order valence-corrected chi connectivity index (χ0v) is 15.1. The van der Waals surface area contributed by atoms with Crippen molar-refractivity contribution < 1.29 is 4.74 Å². The Balaban J connectivity index is 1.87. The summed E-state index contributed by atoms with van der Waals surface area (Å²) in [5, 5.41) is 1.04. The fourth-order valence-electron chi connectivity index (χ4n) is 4.41. The molecule has 0 bridgehead atoms. The van der Waals surface area contributed by atoms with Crippen molar-refractivity contribution in [2.45, 2.75) is 33.4 Å². The van der Waals surface area contributed by atoms with Crippen molar-refractivity contribution in [1.82, 2.24) is 9.88 Å². The zero-order chi connectivity index (χ0) is 17.1. The van der Waals surface area contributed by atoms with Crippen LogP contribution in [0.1, 0.15) is 27.7 Å². The monoisotopic (exact) mass is 323 g/mol. The van der Waals surface area contributed by atoms with E-state index in [1.165, 1.54) is 0 Å². The average Bonchev–Trinajstić information content (AvgIpc) is 2.58. The second-order valence-corrected chi connectivity index (χ2v) is 7.91. The van der Waals surface area contributed by atoms with Crippen molar-refractivity contribution in [3.05, 3.63) is 30.5 Å². The second kappa shape index (κ2) is 5.03. The number of piperidine rings is 1. The van der Waals surface area contributed by atoms with Crippen LogP contribution in [0.4, 0.5) is 5.69 Å². The topological polar surface area (TPSA) is 37.7 Å². The molecule has 2 aliphatic rings. The molecule has 1 fully saturated rings. The quantitative estimate of drug-likeness (QED) is 0.726. The van der Waals surface area contributed by atoms with Crippen molar-refractivity contribution >= 4 is 22.8 Å². The highest BCUT2D eigenvalue weighted by Gasteiger charge is 2.58. The standard InChI is InChI=1S/C20H25N3O/c1-13-11-23(5)20(19(3,4)14(13)2)12-22-18-15-7-6-10-21-16(15)8-9-17(18)24-20/h6-10,12-14H,11H2,1-5H3. The van der Waals surface area contributed by atoms with Gasteiger partial charge in [0.05, 0.1) is 11.7 Å². The third-order valence-corrected chi connectivity index (χ3v) is 6.40. The van der Waals surface area contributed by atoms with Crippen molar-refractivity contribution in [3.8, 4) is 5.75 Å². The van der Waals surface area contributed by atoms with Gasteiger partial charge in [0.2, 0.25) is 5.72 Å². The largest absolute Gasteiger partial charge is 0.464 e. The van der Waals surface area contributed by atoms with E-state index >= 15 is 0 Å². The van der Waals surface area contributed by atoms with Crippen LogP contribution in [0.2, 0.25) is 0 Å². The number of aliphatic imine (C=N–C) groups is 1. The molecule has 0 radical (unpaired) electrons. The van der Waals surface area contributed by atoms with E-state index in [0.717, 1.165) is 28.9 Å². The number of nitrogens with zero attached hydrogens (tertiary/aromatic N) is 3. The maximum absolute atomic E-state index is 6.66. The normalized spacial score (nSPS) is 31.9. The first-order valence-electron chi connectivity index (χ1n) is 8.70. The second-order valence-electron chi connectivity index (χ2n) is 7.91. The fourth-order valence-corrected chi connectivity index (χ4v) is 4.41. The minimum absolute atomic E-state index is 0.0511. The van der Waals surface area contributed by atoms with Gasteiger partial charge < -0.3 is 4.74 Å². The van der Waals surface area contributed by atoms with Crippen LogP contribution in [0.5, 0.6) is 5.75 Å². The first-order valence-corrected chi connectivity index (χ1v) is 8.70. The Morgan fingerprint density at radius 1 is 1.21 bits per heavy atom. The lowest BCUT2D eigenvalue weighted by Crippen LogP contribution is -2.69. The number of hydrogen-bond donors (Lipinski definition) is 0. The summed E-state index contributed by atoms with van der Waals surface area (Å²) in [5.74, 6) is 2.00. The van der Waals surface area contributed by atoms with Gasteiger partial charge in [0.1, 0.15) is 11.4 Å². The van der Waals surface area contributed by atoms with Crippen molar-refractivity contribution in [2.24, 2.45) is 22.2 Å². The predicted molar refractivity (Wildman–Crippen MR) is 98.0 cm³/mol. The molecule has 1 aromatic carbocycles. The van der Waals surface area contributed by atoms with Crippen molar-refractivity contribution in [3.63, 3.8) is 0 Å². The first-order chi connectivity index (χ1) is 11.4. The minimum Gasteiger partial charge on any atom is -0.464 e. The molecule has 4 nitrogen and oxygen atoms in total. The van der Waals surface area contributed by atoms with Crippen LogP contribution in [0.15, 0.2) is 35.5 Å². The number of likely N-dealkylation sites (tertiary alicyclic amines) is 1. The van der Waals surface area contributed by atoms with Gasteiger partial charge in [-0.15, -0.1) is 0 Å². The van der Waals surface area contributed by atoms with Crippen LogP contribution in [0.3, 0.4) is 0 Å². The molecule has 1 saturated heterocycles.